The first-order valence-corrected chi connectivity index (χ1v) is 6.06. The molecule has 0 saturated heterocycles. The van der Waals surface area contributed by atoms with Gasteiger partial charge in [0.15, 0.2) is 0 Å². The molecule has 1 unspecified atom stereocenters. The summed E-state index contributed by atoms with van der Waals surface area (Å²) in [7, 11) is -0.890. The van der Waals surface area contributed by atoms with Gasteiger partial charge in [-0.25, -0.2) is 0 Å². The zero-order valence-electron chi connectivity index (χ0n) is 8.28. The first-order valence-electron chi connectivity index (χ1n) is 4.51. The molecule has 0 spiro atoms. The third kappa shape index (κ3) is 1.70. The van der Waals surface area contributed by atoms with Crippen molar-refractivity contribution in [3.8, 4) is 0 Å². The van der Waals surface area contributed by atoms with Crippen molar-refractivity contribution in [2.24, 2.45) is 0 Å². The lowest BCUT2D eigenvalue weighted by Gasteiger charge is -2.01. The zero-order chi connectivity index (χ0) is 10.1. The van der Waals surface area contributed by atoms with Crippen molar-refractivity contribution in [2.45, 2.75) is 11.8 Å². The summed E-state index contributed by atoms with van der Waals surface area (Å²) < 4.78 is 11.3. The summed E-state index contributed by atoms with van der Waals surface area (Å²) in [4.78, 5) is 0.890. The van der Waals surface area contributed by atoms with Crippen LogP contribution >= 0.6 is 0 Å². The highest BCUT2D eigenvalue weighted by atomic mass is 32.2. The molecule has 0 fully saturated rings. The summed E-state index contributed by atoms with van der Waals surface area (Å²) in [5, 5.41) is 2.36. The van der Waals surface area contributed by atoms with E-state index in [0.717, 1.165) is 10.3 Å². The van der Waals surface area contributed by atoms with Crippen LogP contribution in [0, 0.1) is 6.92 Å². The SMILES string of the molecule is Cc1ccc2cc(S(C)=O)ccc2c1. The van der Waals surface area contributed by atoms with Gasteiger partial charge in [-0.2, -0.15) is 0 Å². The van der Waals surface area contributed by atoms with Gasteiger partial charge in [0.2, 0.25) is 0 Å². The van der Waals surface area contributed by atoms with Crippen molar-refractivity contribution >= 4 is 21.6 Å². The molecule has 0 saturated carbocycles. The van der Waals surface area contributed by atoms with Gasteiger partial charge in [0.1, 0.15) is 0 Å². The Morgan fingerprint density at radius 3 is 2.36 bits per heavy atom. The van der Waals surface area contributed by atoms with Crippen LogP contribution in [-0.2, 0) is 10.8 Å². The minimum atomic E-state index is -0.890. The van der Waals surface area contributed by atoms with Gasteiger partial charge in [0.05, 0.1) is 0 Å². The van der Waals surface area contributed by atoms with Gasteiger partial charge in [-0.1, -0.05) is 29.8 Å². The molecule has 14 heavy (non-hydrogen) atoms. The molecular formula is C12H12OS. The van der Waals surface area contributed by atoms with Crippen molar-refractivity contribution < 1.29 is 4.21 Å². The first kappa shape index (κ1) is 9.41. The average molecular weight is 204 g/mol. The maximum Gasteiger partial charge on any atom is 0.0498 e. The second-order valence-electron chi connectivity index (χ2n) is 3.47. The molecule has 2 aromatic rings. The maximum atomic E-state index is 11.3. The molecule has 72 valence electrons. The van der Waals surface area contributed by atoms with Gasteiger partial charge in [-0.05, 0) is 29.8 Å². The third-order valence-electron chi connectivity index (χ3n) is 2.30. The molecule has 0 aliphatic rings. The summed E-state index contributed by atoms with van der Waals surface area (Å²) in [6, 6.07) is 12.2. The average Bonchev–Trinajstić information content (AvgIpc) is 2.16. The lowest BCUT2D eigenvalue weighted by molar-refractivity contribution is 0.687. The molecule has 0 aliphatic carbocycles. The van der Waals surface area contributed by atoms with Crippen LogP contribution in [0.4, 0.5) is 0 Å². The predicted octanol–water partition coefficient (Wildman–Crippen LogP) is 2.89. The van der Waals surface area contributed by atoms with Gasteiger partial charge in [-0.3, -0.25) is 4.21 Å². The summed E-state index contributed by atoms with van der Waals surface area (Å²) in [6.45, 7) is 2.07. The Hall–Kier alpha value is -1.15. The number of aryl methyl sites for hydroxylation is 1. The lowest BCUT2D eigenvalue weighted by atomic mass is 10.1. The third-order valence-corrected chi connectivity index (χ3v) is 3.22. The molecule has 2 heteroatoms. The van der Waals surface area contributed by atoms with E-state index in [1.165, 1.54) is 10.9 Å². The molecule has 2 rings (SSSR count). The highest BCUT2D eigenvalue weighted by Gasteiger charge is 1.99. The highest BCUT2D eigenvalue weighted by molar-refractivity contribution is 7.84. The van der Waals surface area contributed by atoms with Gasteiger partial charge < -0.3 is 0 Å². The lowest BCUT2D eigenvalue weighted by Crippen LogP contribution is -1.86. The van der Waals surface area contributed by atoms with Gasteiger partial charge >= 0.3 is 0 Å². The number of hydrogen-bond acceptors (Lipinski definition) is 1. The van der Waals surface area contributed by atoms with Crippen molar-refractivity contribution in [3.05, 3.63) is 42.0 Å². The second kappa shape index (κ2) is 3.54. The zero-order valence-corrected chi connectivity index (χ0v) is 9.10. The van der Waals surface area contributed by atoms with Crippen LogP contribution in [0.3, 0.4) is 0 Å². The van der Waals surface area contributed by atoms with E-state index in [4.69, 9.17) is 0 Å². The van der Waals surface area contributed by atoms with Crippen LogP contribution in [-0.4, -0.2) is 10.5 Å². The standard InChI is InChI=1S/C12H12OS/c1-9-3-4-11-8-12(14(2)13)6-5-10(11)7-9/h3-8H,1-2H3. The summed E-state index contributed by atoms with van der Waals surface area (Å²) in [5.41, 5.74) is 1.25. The van der Waals surface area contributed by atoms with E-state index in [1.54, 1.807) is 6.26 Å². The molecule has 1 nitrogen and oxygen atoms in total. The maximum absolute atomic E-state index is 11.3. The topological polar surface area (TPSA) is 17.1 Å². The molecule has 0 aliphatic heterocycles. The van der Waals surface area contributed by atoms with E-state index in [2.05, 4.69) is 25.1 Å². The van der Waals surface area contributed by atoms with Crippen LogP contribution in [0.25, 0.3) is 10.8 Å². The fourth-order valence-corrected chi connectivity index (χ4v) is 2.07. The van der Waals surface area contributed by atoms with E-state index in [9.17, 15) is 4.21 Å². The van der Waals surface area contributed by atoms with E-state index in [-0.39, 0.29) is 0 Å². The fraction of sp³-hybridized carbons (Fsp3) is 0.167. The number of rotatable bonds is 1. The molecule has 1 atom stereocenters. The fourth-order valence-electron chi connectivity index (χ4n) is 1.52. The Morgan fingerprint density at radius 1 is 1.00 bits per heavy atom. The van der Waals surface area contributed by atoms with Crippen LogP contribution in [0.2, 0.25) is 0 Å². The van der Waals surface area contributed by atoms with E-state index in [0.29, 0.717) is 0 Å². The number of hydrogen-bond donors (Lipinski definition) is 0. The van der Waals surface area contributed by atoms with Crippen LogP contribution in [0.1, 0.15) is 5.56 Å². The van der Waals surface area contributed by atoms with Crippen LogP contribution in [0.5, 0.6) is 0 Å². The molecule has 2 aromatic carbocycles. The predicted molar refractivity (Wildman–Crippen MR) is 61.0 cm³/mol. The molecule has 0 N–H and O–H groups in total. The van der Waals surface area contributed by atoms with E-state index < -0.39 is 10.8 Å². The first-order chi connectivity index (χ1) is 6.66. The Labute approximate surface area is 86.2 Å². The largest absolute Gasteiger partial charge is 0.255 e. The Morgan fingerprint density at radius 2 is 1.64 bits per heavy atom. The summed E-state index contributed by atoms with van der Waals surface area (Å²) in [5.74, 6) is 0. The Bertz CT molecular complexity index is 503. The molecule has 0 heterocycles. The van der Waals surface area contributed by atoms with Crippen LogP contribution in [0.15, 0.2) is 41.3 Å². The summed E-state index contributed by atoms with van der Waals surface area (Å²) in [6.07, 6.45) is 1.70. The van der Waals surface area contributed by atoms with E-state index >= 15 is 0 Å². The van der Waals surface area contributed by atoms with Crippen molar-refractivity contribution in [1.82, 2.24) is 0 Å². The molecular weight excluding hydrogens is 192 g/mol. The van der Waals surface area contributed by atoms with Gasteiger partial charge in [0, 0.05) is 22.0 Å². The Balaban J connectivity index is 2.67. The molecule has 0 bridgehead atoms. The minimum Gasteiger partial charge on any atom is -0.255 e. The van der Waals surface area contributed by atoms with Gasteiger partial charge in [0.25, 0.3) is 0 Å². The Kier molecular flexibility index (Phi) is 2.38. The van der Waals surface area contributed by atoms with Crippen molar-refractivity contribution in [1.29, 1.82) is 0 Å². The van der Waals surface area contributed by atoms with Crippen molar-refractivity contribution in [2.75, 3.05) is 6.26 Å². The highest BCUT2D eigenvalue weighted by Crippen LogP contribution is 2.18. The number of fused-ring (bicyclic) bond motifs is 1. The van der Waals surface area contributed by atoms with Gasteiger partial charge in [-0.15, -0.1) is 0 Å². The normalized spacial score (nSPS) is 13.0. The van der Waals surface area contributed by atoms with Crippen molar-refractivity contribution in [3.63, 3.8) is 0 Å². The molecule has 0 amide bonds. The second-order valence-corrected chi connectivity index (χ2v) is 4.85. The van der Waals surface area contributed by atoms with Crippen LogP contribution < -0.4 is 0 Å². The monoisotopic (exact) mass is 204 g/mol. The minimum absolute atomic E-state index is 0.890. The number of benzene rings is 2. The smallest absolute Gasteiger partial charge is 0.0498 e. The molecule has 0 radical (unpaired) electrons. The quantitative estimate of drug-likeness (QED) is 0.698. The van der Waals surface area contributed by atoms with E-state index in [1.807, 2.05) is 18.2 Å². The molecule has 0 aromatic heterocycles. The summed E-state index contributed by atoms with van der Waals surface area (Å²) >= 11 is 0.